The first-order valence-corrected chi connectivity index (χ1v) is 8.87. The Balaban J connectivity index is 1.78. The summed E-state index contributed by atoms with van der Waals surface area (Å²) >= 11 is 1.98. The lowest BCUT2D eigenvalue weighted by molar-refractivity contribution is -0.130. The summed E-state index contributed by atoms with van der Waals surface area (Å²) in [5.74, 6) is 0.909. The van der Waals surface area contributed by atoms with E-state index >= 15 is 0 Å². The van der Waals surface area contributed by atoms with E-state index in [-0.39, 0.29) is 18.4 Å². The van der Waals surface area contributed by atoms with Gasteiger partial charge in [-0.2, -0.15) is 11.8 Å². The molecule has 1 saturated carbocycles. The molecule has 0 aromatic heterocycles. The van der Waals surface area contributed by atoms with E-state index in [4.69, 9.17) is 0 Å². The summed E-state index contributed by atoms with van der Waals surface area (Å²) in [6.07, 6.45) is 3.30. The van der Waals surface area contributed by atoms with Crippen molar-refractivity contribution in [3.63, 3.8) is 0 Å². The van der Waals surface area contributed by atoms with E-state index in [2.05, 4.69) is 12.2 Å². The smallest absolute Gasteiger partial charge is 0.251 e. The minimum atomic E-state index is -0.201. The van der Waals surface area contributed by atoms with Gasteiger partial charge in [-0.1, -0.05) is 25.1 Å². The van der Waals surface area contributed by atoms with Gasteiger partial charge in [0.05, 0.1) is 6.54 Å². The van der Waals surface area contributed by atoms with Crippen molar-refractivity contribution < 1.29 is 9.59 Å². The summed E-state index contributed by atoms with van der Waals surface area (Å²) in [4.78, 5) is 26.0. The van der Waals surface area contributed by atoms with E-state index in [0.717, 1.165) is 18.6 Å². The van der Waals surface area contributed by atoms with Crippen molar-refractivity contribution in [1.29, 1.82) is 0 Å². The fraction of sp³-hybridized carbons (Fsp3) is 0.529. The molecule has 0 aliphatic heterocycles. The Kier molecular flexibility index (Phi) is 6.31. The molecule has 2 atom stereocenters. The molecule has 5 heteroatoms. The predicted octanol–water partition coefficient (Wildman–Crippen LogP) is 2.55. The minimum absolute atomic E-state index is 0.0172. The number of benzene rings is 1. The summed E-state index contributed by atoms with van der Waals surface area (Å²) in [5, 5.41) is 3.37. The standard InChI is InChI=1S/C17H24N2O2S/c1-3-22-15-10-9-14(11-15)19(2)16(20)12-18-17(21)13-7-5-4-6-8-13/h4-8,14-15H,3,9-12H2,1-2H3,(H,18,21). The number of amides is 2. The third kappa shape index (κ3) is 4.50. The van der Waals surface area contributed by atoms with E-state index in [1.807, 2.05) is 41.9 Å². The molecule has 1 fully saturated rings. The van der Waals surface area contributed by atoms with Crippen molar-refractivity contribution in [2.75, 3.05) is 19.3 Å². The van der Waals surface area contributed by atoms with Gasteiger partial charge in [-0.3, -0.25) is 9.59 Å². The van der Waals surface area contributed by atoms with E-state index in [9.17, 15) is 9.59 Å². The van der Waals surface area contributed by atoms with Crippen LogP contribution in [0.5, 0.6) is 0 Å². The maximum absolute atomic E-state index is 12.2. The van der Waals surface area contributed by atoms with Gasteiger partial charge in [-0.05, 0) is 37.1 Å². The van der Waals surface area contributed by atoms with Crippen LogP contribution in [0.4, 0.5) is 0 Å². The SMILES string of the molecule is CCSC1CCC(N(C)C(=O)CNC(=O)c2ccccc2)C1. The molecule has 120 valence electrons. The second kappa shape index (κ2) is 8.22. The molecule has 0 saturated heterocycles. The van der Waals surface area contributed by atoms with Crippen molar-refractivity contribution in [2.45, 2.75) is 37.5 Å². The number of thioether (sulfide) groups is 1. The van der Waals surface area contributed by atoms with E-state index < -0.39 is 0 Å². The third-order valence-electron chi connectivity index (χ3n) is 4.14. The molecule has 2 rings (SSSR count). The first-order chi connectivity index (χ1) is 10.6. The monoisotopic (exact) mass is 320 g/mol. The van der Waals surface area contributed by atoms with Crippen molar-refractivity contribution in [3.05, 3.63) is 35.9 Å². The number of nitrogens with one attached hydrogen (secondary N) is 1. The molecule has 1 aliphatic carbocycles. The topological polar surface area (TPSA) is 49.4 Å². The van der Waals surface area contributed by atoms with Crippen LogP contribution in [0.3, 0.4) is 0 Å². The van der Waals surface area contributed by atoms with Crippen LogP contribution in [0.15, 0.2) is 30.3 Å². The lowest BCUT2D eigenvalue weighted by Gasteiger charge is -2.25. The molecule has 0 bridgehead atoms. The summed E-state index contributed by atoms with van der Waals surface area (Å²) in [5.41, 5.74) is 0.582. The molecule has 1 aromatic rings. The fourth-order valence-electron chi connectivity index (χ4n) is 2.83. The van der Waals surface area contributed by atoms with Crippen molar-refractivity contribution in [2.24, 2.45) is 0 Å². The van der Waals surface area contributed by atoms with E-state index in [1.165, 1.54) is 6.42 Å². The molecular weight excluding hydrogens is 296 g/mol. The Hall–Kier alpha value is -1.49. The van der Waals surface area contributed by atoms with Crippen LogP contribution in [-0.4, -0.2) is 47.4 Å². The van der Waals surface area contributed by atoms with Gasteiger partial charge < -0.3 is 10.2 Å². The Morgan fingerprint density at radius 3 is 2.68 bits per heavy atom. The van der Waals surface area contributed by atoms with Crippen molar-refractivity contribution in [3.8, 4) is 0 Å². The lowest BCUT2D eigenvalue weighted by Crippen LogP contribution is -2.42. The average Bonchev–Trinajstić information content (AvgIpc) is 3.01. The maximum Gasteiger partial charge on any atom is 0.251 e. The van der Waals surface area contributed by atoms with Gasteiger partial charge in [0.15, 0.2) is 0 Å². The highest BCUT2D eigenvalue weighted by Gasteiger charge is 2.29. The summed E-state index contributed by atoms with van der Waals surface area (Å²) in [7, 11) is 1.85. The first-order valence-electron chi connectivity index (χ1n) is 7.82. The molecule has 2 unspecified atom stereocenters. The molecule has 4 nitrogen and oxygen atoms in total. The molecule has 2 amide bonds. The normalized spacial score (nSPS) is 20.6. The molecular formula is C17H24N2O2S. The van der Waals surface area contributed by atoms with Gasteiger partial charge in [-0.25, -0.2) is 0 Å². The van der Waals surface area contributed by atoms with Gasteiger partial charge in [0.2, 0.25) is 5.91 Å². The molecule has 0 spiro atoms. The second-order valence-corrected chi connectivity index (χ2v) is 7.17. The number of hydrogen-bond donors (Lipinski definition) is 1. The summed E-state index contributed by atoms with van der Waals surface area (Å²) < 4.78 is 0. The number of likely N-dealkylation sites (N-methyl/N-ethyl adjacent to an activating group) is 1. The zero-order valence-corrected chi connectivity index (χ0v) is 14.1. The van der Waals surface area contributed by atoms with Gasteiger partial charge >= 0.3 is 0 Å². The van der Waals surface area contributed by atoms with Gasteiger partial charge in [-0.15, -0.1) is 0 Å². The average molecular weight is 320 g/mol. The highest BCUT2D eigenvalue weighted by Crippen LogP contribution is 2.32. The zero-order valence-electron chi connectivity index (χ0n) is 13.2. The highest BCUT2D eigenvalue weighted by atomic mass is 32.2. The molecule has 0 radical (unpaired) electrons. The molecule has 22 heavy (non-hydrogen) atoms. The van der Waals surface area contributed by atoms with Crippen LogP contribution < -0.4 is 5.32 Å². The Labute approximate surface area is 136 Å². The zero-order chi connectivity index (χ0) is 15.9. The molecule has 0 heterocycles. The van der Waals surface area contributed by atoms with Crippen LogP contribution in [0.2, 0.25) is 0 Å². The van der Waals surface area contributed by atoms with Crippen LogP contribution >= 0.6 is 11.8 Å². The van der Waals surface area contributed by atoms with Gasteiger partial charge in [0.1, 0.15) is 0 Å². The summed E-state index contributed by atoms with van der Waals surface area (Å²) in [6, 6.07) is 9.28. The molecule has 1 N–H and O–H groups in total. The molecule has 1 aliphatic rings. The van der Waals surface area contributed by atoms with Crippen LogP contribution in [-0.2, 0) is 4.79 Å². The Morgan fingerprint density at radius 1 is 1.27 bits per heavy atom. The lowest BCUT2D eigenvalue weighted by atomic mass is 10.2. The minimum Gasteiger partial charge on any atom is -0.343 e. The quantitative estimate of drug-likeness (QED) is 0.876. The Bertz CT molecular complexity index is 507. The van der Waals surface area contributed by atoms with E-state index in [0.29, 0.717) is 16.9 Å². The first kappa shape index (κ1) is 16.9. The largest absolute Gasteiger partial charge is 0.343 e. The number of hydrogen-bond acceptors (Lipinski definition) is 3. The maximum atomic E-state index is 12.2. The fourth-order valence-corrected chi connectivity index (χ4v) is 3.96. The predicted molar refractivity (Wildman–Crippen MR) is 91.1 cm³/mol. The third-order valence-corrected chi connectivity index (χ3v) is 5.37. The number of rotatable bonds is 6. The number of carbonyl (C=O) groups is 2. The van der Waals surface area contributed by atoms with Crippen LogP contribution in [0.25, 0.3) is 0 Å². The van der Waals surface area contributed by atoms with Crippen molar-refractivity contribution in [1.82, 2.24) is 10.2 Å². The Morgan fingerprint density at radius 2 is 2.00 bits per heavy atom. The van der Waals surface area contributed by atoms with Crippen LogP contribution in [0, 0.1) is 0 Å². The van der Waals surface area contributed by atoms with Gasteiger partial charge in [0.25, 0.3) is 5.91 Å². The number of carbonyl (C=O) groups excluding carboxylic acids is 2. The second-order valence-electron chi connectivity index (χ2n) is 5.60. The van der Waals surface area contributed by atoms with Gasteiger partial charge in [0, 0.05) is 23.9 Å². The van der Waals surface area contributed by atoms with E-state index in [1.54, 1.807) is 12.1 Å². The summed E-state index contributed by atoms with van der Waals surface area (Å²) in [6.45, 7) is 2.23. The van der Waals surface area contributed by atoms with Crippen LogP contribution in [0.1, 0.15) is 36.5 Å². The molecule has 1 aromatic carbocycles. The van der Waals surface area contributed by atoms with Crippen molar-refractivity contribution >= 4 is 23.6 Å². The number of nitrogens with zero attached hydrogens (tertiary/aromatic N) is 1. The highest BCUT2D eigenvalue weighted by molar-refractivity contribution is 7.99.